The summed E-state index contributed by atoms with van der Waals surface area (Å²) in [5, 5.41) is 9.37. The molecule has 1 heterocycles. The summed E-state index contributed by atoms with van der Waals surface area (Å²) in [5.41, 5.74) is 8.16. The van der Waals surface area contributed by atoms with E-state index in [4.69, 9.17) is 5.73 Å². The van der Waals surface area contributed by atoms with Crippen LogP contribution in [-0.4, -0.2) is 4.98 Å². The molecule has 2 aromatic carbocycles. The molecule has 0 aliphatic heterocycles. The van der Waals surface area contributed by atoms with Gasteiger partial charge in [-0.15, -0.1) is 0 Å². The molecule has 0 aliphatic carbocycles. The van der Waals surface area contributed by atoms with E-state index in [0.29, 0.717) is 22.4 Å². The lowest BCUT2D eigenvalue weighted by Gasteiger charge is -2.11. The predicted molar refractivity (Wildman–Crippen MR) is 91.9 cm³/mol. The van der Waals surface area contributed by atoms with Crippen molar-refractivity contribution in [2.45, 2.75) is 0 Å². The summed E-state index contributed by atoms with van der Waals surface area (Å²) in [4.78, 5) is 4.18. The van der Waals surface area contributed by atoms with Crippen molar-refractivity contribution in [1.82, 2.24) is 4.98 Å². The molecule has 0 unspecified atom stereocenters. The van der Waals surface area contributed by atoms with Crippen LogP contribution in [0, 0.1) is 23.0 Å². The molecule has 118 valence electrons. The third-order valence-corrected chi connectivity index (χ3v) is 4.12. The van der Waals surface area contributed by atoms with Crippen LogP contribution in [0.5, 0.6) is 0 Å². The van der Waals surface area contributed by atoms with Gasteiger partial charge >= 0.3 is 0 Å². The second-order valence-electron chi connectivity index (χ2n) is 5.07. The number of nitrogen functional groups attached to an aromatic ring is 1. The monoisotopic (exact) mass is 385 g/mol. The number of hydrogen-bond donors (Lipinski definition) is 1. The third-order valence-electron chi connectivity index (χ3n) is 3.51. The molecule has 0 radical (unpaired) electrons. The molecule has 6 heteroatoms. The molecule has 3 aromatic rings. The molecule has 0 saturated heterocycles. The molecule has 0 spiro atoms. The largest absolute Gasteiger partial charge is 0.383 e. The minimum absolute atomic E-state index is 0.0368. The summed E-state index contributed by atoms with van der Waals surface area (Å²) in [7, 11) is 0. The molecule has 3 rings (SSSR count). The summed E-state index contributed by atoms with van der Waals surface area (Å²) in [6.45, 7) is 0. The van der Waals surface area contributed by atoms with E-state index in [1.54, 1.807) is 30.3 Å². The van der Waals surface area contributed by atoms with Crippen LogP contribution in [0.2, 0.25) is 0 Å². The molecule has 24 heavy (non-hydrogen) atoms. The number of rotatable bonds is 2. The molecule has 0 bridgehead atoms. The Kier molecular flexibility index (Phi) is 4.28. The number of halogens is 3. The normalized spacial score (nSPS) is 10.4. The molecule has 0 fully saturated rings. The van der Waals surface area contributed by atoms with Gasteiger partial charge in [-0.05, 0) is 51.8 Å². The maximum atomic E-state index is 13.5. The van der Waals surface area contributed by atoms with Crippen molar-refractivity contribution < 1.29 is 8.78 Å². The van der Waals surface area contributed by atoms with Crippen molar-refractivity contribution >= 4 is 21.7 Å². The van der Waals surface area contributed by atoms with E-state index in [1.807, 2.05) is 6.07 Å². The van der Waals surface area contributed by atoms with E-state index >= 15 is 0 Å². The molecule has 0 amide bonds. The zero-order valence-corrected chi connectivity index (χ0v) is 13.8. The Hall–Kier alpha value is -2.78. The fourth-order valence-corrected chi connectivity index (χ4v) is 2.75. The van der Waals surface area contributed by atoms with Crippen molar-refractivity contribution in [3.05, 3.63) is 70.2 Å². The van der Waals surface area contributed by atoms with Gasteiger partial charge in [0.1, 0.15) is 29.1 Å². The Morgan fingerprint density at radius 1 is 1.04 bits per heavy atom. The van der Waals surface area contributed by atoms with Gasteiger partial charge in [0, 0.05) is 11.1 Å². The van der Waals surface area contributed by atoms with Crippen LogP contribution in [0.1, 0.15) is 5.56 Å². The SMILES string of the molecule is N#Cc1c(-c2ccc(F)c(Br)c2)cc(-c2cccc(F)c2)nc1N. The highest BCUT2D eigenvalue weighted by Gasteiger charge is 2.14. The van der Waals surface area contributed by atoms with Gasteiger partial charge in [0.2, 0.25) is 0 Å². The van der Waals surface area contributed by atoms with Gasteiger partial charge in [-0.1, -0.05) is 18.2 Å². The van der Waals surface area contributed by atoms with E-state index in [9.17, 15) is 14.0 Å². The van der Waals surface area contributed by atoms with Crippen LogP contribution < -0.4 is 5.73 Å². The van der Waals surface area contributed by atoms with Gasteiger partial charge in [0.15, 0.2) is 0 Å². The number of pyridine rings is 1. The Bertz CT molecular complexity index is 980. The summed E-state index contributed by atoms with van der Waals surface area (Å²) < 4.78 is 27.2. The zero-order chi connectivity index (χ0) is 17.3. The van der Waals surface area contributed by atoms with Crippen molar-refractivity contribution in [2.75, 3.05) is 5.73 Å². The average Bonchev–Trinajstić information content (AvgIpc) is 2.56. The average molecular weight is 386 g/mol. The number of nitrogens with zero attached hydrogens (tertiary/aromatic N) is 2. The van der Waals surface area contributed by atoms with E-state index in [0.717, 1.165) is 0 Å². The van der Waals surface area contributed by atoms with Gasteiger partial charge in [0.25, 0.3) is 0 Å². The van der Waals surface area contributed by atoms with Crippen LogP contribution in [-0.2, 0) is 0 Å². The molecule has 0 aliphatic rings. The molecule has 3 nitrogen and oxygen atoms in total. The minimum Gasteiger partial charge on any atom is -0.383 e. The Morgan fingerprint density at radius 3 is 2.50 bits per heavy atom. The van der Waals surface area contributed by atoms with Crippen molar-refractivity contribution in [2.24, 2.45) is 0 Å². The first kappa shape index (κ1) is 16.1. The van der Waals surface area contributed by atoms with Crippen LogP contribution in [0.4, 0.5) is 14.6 Å². The van der Waals surface area contributed by atoms with Gasteiger partial charge in [-0.3, -0.25) is 0 Å². The molecule has 2 N–H and O–H groups in total. The highest BCUT2D eigenvalue weighted by Crippen LogP contribution is 2.33. The Labute approximate surface area is 145 Å². The van der Waals surface area contributed by atoms with E-state index in [2.05, 4.69) is 20.9 Å². The number of nitrogens with two attached hydrogens (primary N) is 1. The fourth-order valence-electron chi connectivity index (χ4n) is 2.37. The van der Waals surface area contributed by atoms with Gasteiger partial charge in [0.05, 0.1) is 10.2 Å². The molecule has 0 atom stereocenters. The molecular formula is C18H10BrF2N3. The second-order valence-corrected chi connectivity index (χ2v) is 5.92. The first-order valence-corrected chi connectivity index (χ1v) is 7.71. The number of hydrogen-bond acceptors (Lipinski definition) is 3. The summed E-state index contributed by atoms with van der Waals surface area (Å²) in [6.07, 6.45) is 0. The molecule has 0 saturated carbocycles. The first-order chi connectivity index (χ1) is 11.5. The first-order valence-electron chi connectivity index (χ1n) is 6.91. The number of nitriles is 1. The second kappa shape index (κ2) is 6.38. The lowest BCUT2D eigenvalue weighted by molar-refractivity contribution is 0.621. The Balaban J connectivity index is 2.24. The van der Waals surface area contributed by atoms with Crippen molar-refractivity contribution in [3.63, 3.8) is 0 Å². The molecule has 1 aromatic heterocycles. The highest BCUT2D eigenvalue weighted by atomic mass is 79.9. The topological polar surface area (TPSA) is 62.7 Å². The quantitative estimate of drug-likeness (QED) is 0.681. The highest BCUT2D eigenvalue weighted by molar-refractivity contribution is 9.10. The maximum absolute atomic E-state index is 13.5. The number of aromatic nitrogens is 1. The predicted octanol–water partition coefficient (Wildman–Crippen LogP) is 4.91. The van der Waals surface area contributed by atoms with Crippen LogP contribution in [0.15, 0.2) is 53.0 Å². The number of anilines is 1. The zero-order valence-electron chi connectivity index (χ0n) is 12.2. The maximum Gasteiger partial charge on any atom is 0.142 e. The van der Waals surface area contributed by atoms with Crippen molar-refractivity contribution in [1.29, 1.82) is 5.26 Å². The van der Waals surface area contributed by atoms with E-state index in [1.165, 1.54) is 18.2 Å². The third kappa shape index (κ3) is 2.99. The van der Waals surface area contributed by atoms with E-state index in [-0.39, 0.29) is 15.9 Å². The smallest absolute Gasteiger partial charge is 0.142 e. The van der Waals surface area contributed by atoms with Crippen LogP contribution >= 0.6 is 15.9 Å². The number of benzene rings is 2. The molecular weight excluding hydrogens is 376 g/mol. The van der Waals surface area contributed by atoms with Crippen LogP contribution in [0.25, 0.3) is 22.4 Å². The minimum atomic E-state index is -0.412. The lowest BCUT2D eigenvalue weighted by atomic mass is 9.98. The van der Waals surface area contributed by atoms with Gasteiger partial charge in [-0.2, -0.15) is 5.26 Å². The Morgan fingerprint density at radius 2 is 1.83 bits per heavy atom. The van der Waals surface area contributed by atoms with Crippen molar-refractivity contribution in [3.8, 4) is 28.5 Å². The van der Waals surface area contributed by atoms with Crippen LogP contribution in [0.3, 0.4) is 0 Å². The summed E-state index contributed by atoms with van der Waals surface area (Å²) >= 11 is 3.13. The fraction of sp³-hybridized carbons (Fsp3) is 0. The van der Waals surface area contributed by atoms with E-state index < -0.39 is 11.6 Å². The van der Waals surface area contributed by atoms with Gasteiger partial charge < -0.3 is 5.73 Å². The van der Waals surface area contributed by atoms with Gasteiger partial charge in [-0.25, -0.2) is 13.8 Å². The summed E-state index contributed by atoms with van der Waals surface area (Å²) in [6, 6.07) is 14.0. The standard InChI is InChI=1S/C18H10BrF2N3/c19-15-7-10(4-5-16(15)21)13-8-17(24-18(23)14(13)9-22)11-2-1-3-12(20)6-11/h1-8H,(H2,23,24). The summed E-state index contributed by atoms with van der Waals surface area (Å²) in [5.74, 6) is -0.775. The lowest BCUT2D eigenvalue weighted by Crippen LogP contribution is -2.00.